The van der Waals surface area contributed by atoms with Gasteiger partial charge in [0.1, 0.15) is 6.54 Å². The van der Waals surface area contributed by atoms with Gasteiger partial charge in [-0.2, -0.15) is 0 Å². The number of carbonyl (C=O) groups is 2. The fraction of sp³-hybridized carbons (Fsp3) is 0.0588. The topological polar surface area (TPSA) is 116 Å². The number of nitrogens with two attached hydrogens (primary N) is 1. The summed E-state index contributed by atoms with van der Waals surface area (Å²) in [6, 6.07) is 7.23. The third kappa shape index (κ3) is 2.40. The first-order valence-corrected chi connectivity index (χ1v) is 7.47. The molecule has 0 radical (unpaired) electrons. The molecule has 8 nitrogen and oxygen atoms in total. The van der Waals surface area contributed by atoms with Gasteiger partial charge in [0.15, 0.2) is 0 Å². The highest BCUT2D eigenvalue weighted by molar-refractivity contribution is 6.07. The van der Waals surface area contributed by atoms with Crippen molar-refractivity contribution in [3.63, 3.8) is 0 Å². The normalized spacial score (nSPS) is 11.2. The Hall–Kier alpha value is -3.68. The van der Waals surface area contributed by atoms with Crippen LogP contribution in [0.25, 0.3) is 27.9 Å². The van der Waals surface area contributed by atoms with E-state index in [1.54, 1.807) is 24.5 Å². The van der Waals surface area contributed by atoms with Gasteiger partial charge in [0.25, 0.3) is 5.91 Å². The van der Waals surface area contributed by atoms with E-state index in [9.17, 15) is 9.59 Å². The molecule has 0 aliphatic carbocycles. The first-order chi connectivity index (χ1) is 12.0. The van der Waals surface area contributed by atoms with Crippen LogP contribution in [-0.2, 0) is 11.3 Å². The van der Waals surface area contributed by atoms with Gasteiger partial charge in [0, 0.05) is 35.1 Å². The van der Waals surface area contributed by atoms with Gasteiger partial charge >= 0.3 is 5.97 Å². The lowest BCUT2D eigenvalue weighted by Gasteiger charge is -2.04. The van der Waals surface area contributed by atoms with E-state index in [0.717, 1.165) is 11.3 Å². The summed E-state index contributed by atoms with van der Waals surface area (Å²) < 4.78 is 3.33. The van der Waals surface area contributed by atoms with Crippen LogP contribution < -0.4 is 5.73 Å². The number of carbonyl (C=O) groups excluding carboxylic acids is 1. The van der Waals surface area contributed by atoms with Gasteiger partial charge in [-0.05, 0) is 18.2 Å². The van der Waals surface area contributed by atoms with Crippen LogP contribution in [0.3, 0.4) is 0 Å². The van der Waals surface area contributed by atoms with Crippen LogP contribution in [0.2, 0.25) is 0 Å². The van der Waals surface area contributed by atoms with Gasteiger partial charge < -0.3 is 15.4 Å². The van der Waals surface area contributed by atoms with Crippen molar-refractivity contribution in [2.24, 2.45) is 5.73 Å². The summed E-state index contributed by atoms with van der Waals surface area (Å²) in [5.41, 5.74) is 8.00. The molecule has 0 saturated heterocycles. The number of amides is 1. The fourth-order valence-electron chi connectivity index (χ4n) is 2.97. The number of hydrogen-bond acceptors (Lipinski definition) is 4. The molecule has 0 aliphatic rings. The fourth-order valence-corrected chi connectivity index (χ4v) is 2.97. The molecule has 0 spiro atoms. The Balaban J connectivity index is 1.94. The number of aromatic nitrogens is 4. The lowest BCUT2D eigenvalue weighted by molar-refractivity contribution is -0.137. The van der Waals surface area contributed by atoms with Gasteiger partial charge in [-0.1, -0.05) is 6.07 Å². The Kier molecular flexibility index (Phi) is 3.24. The summed E-state index contributed by atoms with van der Waals surface area (Å²) in [5, 5.41) is 9.64. The maximum absolute atomic E-state index is 11.8. The van der Waals surface area contributed by atoms with E-state index in [4.69, 9.17) is 10.8 Å². The van der Waals surface area contributed by atoms with Crippen molar-refractivity contribution < 1.29 is 14.7 Å². The lowest BCUT2D eigenvalue weighted by atomic mass is 10.1. The third-order valence-corrected chi connectivity index (χ3v) is 4.04. The summed E-state index contributed by atoms with van der Waals surface area (Å²) in [6.45, 7) is -0.247. The molecule has 1 amide bonds. The number of hydrogen-bond donors (Lipinski definition) is 2. The number of carboxylic acid groups (broad SMARTS) is 1. The molecule has 0 fully saturated rings. The van der Waals surface area contributed by atoms with Crippen LogP contribution in [-0.4, -0.2) is 35.9 Å². The van der Waals surface area contributed by atoms with Gasteiger partial charge in [-0.3, -0.25) is 14.0 Å². The minimum absolute atomic E-state index is 0.247. The standard InChI is InChI=1S/C17H13N5O3/c18-16(25)12-8-21(9-15(23)24)13-3-2-10(6-11(12)13)14-7-20-17-19-4-1-5-22(14)17/h1-8H,9H2,(H2,18,25)(H,23,24). The smallest absolute Gasteiger partial charge is 0.323 e. The maximum atomic E-state index is 11.8. The third-order valence-electron chi connectivity index (χ3n) is 4.04. The predicted molar refractivity (Wildman–Crippen MR) is 90.1 cm³/mol. The molecule has 25 heavy (non-hydrogen) atoms. The zero-order chi connectivity index (χ0) is 17.6. The number of primary amides is 1. The largest absolute Gasteiger partial charge is 0.480 e. The summed E-state index contributed by atoms with van der Waals surface area (Å²) in [7, 11) is 0. The molecule has 0 unspecified atom stereocenters. The second-order valence-electron chi connectivity index (χ2n) is 5.59. The Labute approximate surface area is 141 Å². The van der Waals surface area contributed by atoms with Crippen molar-refractivity contribution in [1.29, 1.82) is 0 Å². The van der Waals surface area contributed by atoms with Gasteiger partial charge in [0.2, 0.25) is 5.78 Å². The molecule has 0 aliphatic heterocycles. The van der Waals surface area contributed by atoms with Crippen molar-refractivity contribution >= 4 is 28.6 Å². The van der Waals surface area contributed by atoms with Crippen LogP contribution in [0.5, 0.6) is 0 Å². The molecule has 0 atom stereocenters. The number of rotatable bonds is 4. The molecule has 0 bridgehead atoms. The Morgan fingerprint density at radius 2 is 2.08 bits per heavy atom. The molecule has 3 heterocycles. The Morgan fingerprint density at radius 1 is 1.24 bits per heavy atom. The second-order valence-corrected chi connectivity index (χ2v) is 5.59. The van der Waals surface area contributed by atoms with E-state index in [1.165, 1.54) is 10.8 Å². The number of benzene rings is 1. The van der Waals surface area contributed by atoms with Crippen LogP contribution in [0.1, 0.15) is 10.4 Å². The van der Waals surface area contributed by atoms with Crippen molar-refractivity contribution in [3.8, 4) is 11.3 Å². The highest BCUT2D eigenvalue weighted by Gasteiger charge is 2.16. The maximum Gasteiger partial charge on any atom is 0.323 e. The minimum Gasteiger partial charge on any atom is -0.480 e. The summed E-state index contributed by atoms with van der Waals surface area (Å²) >= 11 is 0. The SMILES string of the molecule is NC(=O)c1cn(CC(=O)O)c2ccc(-c3cnc4ncccn34)cc12. The number of nitrogens with zero attached hydrogens (tertiary/aromatic N) is 4. The zero-order valence-corrected chi connectivity index (χ0v) is 13.0. The molecule has 3 aromatic heterocycles. The second kappa shape index (κ2) is 5.45. The average Bonchev–Trinajstić information content (AvgIpc) is 3.16. The number of aliphatic carboxylic acids is 1. The van der Waals surface area contributed by atoms with Crippen molar-refractivity contribution in [2.75, 3.05) is 0 Å². The van der Waals surface area contributed by atoms with E-state index < -0.39 is 11.9 Å². The zero-order valence-electron chi connectivity index (χ0n) is 13.0. The molecule has 124 valence electrons. The monoisotopic (exact) mass is 335 g/mol. The molecule has 4 rings (SSSR count). The summed E-state index contributed by atoms with van der Waals surface area (Å²) in [4.78, 5) is 31.2. The highest BCUT2D eigenvalue weighted by Crippen LogP contribution is 2.28. The van der Waals surface area contributed by atoms with Crippen LogP contribution in [0.15, 0.2) is 49.1 Å². The number of imidazole rings is 1. The molecule has 3 N–H and O–H groups in total. The van der Waals surface area contributed by atoms with Crippen molar-refractivity contribution in [3.05, 3.63) is 54.6 Å². The van der Waals surface area contributed by atoms with Gasteiger partial charge in [0.05, 0.1) is 17.5 Å². The quantitative estimate of drug-likeness (QED) is 0.587. The van der Waals surface area contributed by atoms with E-state index in [2.05, 4.69) is 9.97 Å². The minimum atomic E-state index is -0.996. The van der Waals surface area contributed by atoms with Crippen molar-refractivity contribution in [2.45, 2.75) is 6.54 Å². The summed E-state index contributed by atoms with van der Waals surface area (Å²) in [5.74, 6) is -1.04. The number of fused-ring (bicyclic) bond motifs is 2. The molecule has 0 saturated carbocycles. The van der Waals surface area contributed by atoms with Crippen LogP contribution in [0.4, 0.5) is 0 Å². The van der Waals surface area contributed by atoms with Gasteiger partial charge in [-0.15, -0.1) is 0 Å². The first kappa shape index (κ1) is 14.9. The molecule has 1 aromatic carbocycles. The van der Waals surface area contributed by atoms with E-state index in [0.29, 0.717) is 16.7 Å². The first-order valence-electron chi connectivity index (χ1n) is 7.47. The Morgan fingerprint density at radius 3 is 2.84 bits per heavy atom. The van der Waals surface area contributed by atoms with Crippen LogP contribution in [0, 0.1) is 0 Å². The van der Waals surface area contributed by atoms with E-state index >= 15 is 0 Å². The van der Waals surface area contributed by atoms with Crippen LogP contribution >= 0.6 is 0 Å². The van der Waals surface area contributed by atoms with Crippen molar-refractivity contribution in [1.82, 2.24) is 18.9 Å². The molecular weight excluding hydrogens is 322 g/mol. The molecule has 4 aromatic rings. The highest BCUT2D eigenvalue weighted by atomic mass is 16.4. The van der Waals surface area contributed by atoms with Gasteiger partial charge in [-0.25, -0.2) is 9.97 Å². The number of carboxylic acids is 1. The molecule has 8 heteroatoms. The predicted octanol–water partition coefficient (Wildman–Crippen LogP) is 1.53. The summed E-state index contributed by atoms with van der Waals surface area (Å²) in [6.07, 6.45) is 6.68. The molecular formula is C17H13N5O3. The van der Waals surface area contributed by atoms with E-state index in [-0.39, 0.29) is 12.1 Å². The average molecular weight is 335 g/mol. The van der Waals surface area contributed by atoms with E-state index in [1.807, 2.05) is 22.7 Å². The lowest BCUT2D eigenvalue weighted by Crippen LogP contribution is -2.11. The Bertz CT molecular complexity index is 1140.